The molecule has 0 saturated heterocycles. The molecule has 0 aliphatic carbocycles. The number of sulfonamides is 1. The Morgan fingerprint density at radius 3 is 2.35 bits per heavy atom. The first-order valence-electron chi connectivity index (χ1n) is 9.42. The molecule has 1 N–H and O–H groups in total. The molecular weight excluding hydrogens is 423 g/mol. The van der Waals surface area contributed by atoms with Gasteiger partial charge < -0.3 is 5.32 Å². The summed E-state index contributed by atoms with van der Waals surface area (Å²) in [5, 5.41) is 2.55. The second kappa shape index (κ2) is 8.38. The van der Waals surface area contributed by atoms with Gasteiger partial charge in [0.05, 0.1) is 23.3 Å². The van der Waals surface area contributed by atoms with Gasteiger partial charge in [-0.2, -0.15) is 0 Å². The van der Waals surface area contributed by atoms with Crippen LogP contribution < -0.4 is 15.2 Å². The molecule has 2 aromatic carbocycles. The van der Waals surface area contributed by atoms with Crippen LogP contribution in [-0.2, 0) is 21.9 Å². The van der Waals surface area contributed by atoms with Gasteiger partial charge in [0.2, 0.25) is 15.9 Å². The normalized spacial score (nSPS) is 12.4. The third-order valence-electron chi connectivity index (χ3n) is 4.95. The molecule has 3 aromatic rings. The van der Waals surface area contributed by atoms with Crippen molar-refractivity contribution in [1.29, 1.82) is 0 Å². The van der Waals surface area contributed by atoms with Gasteiger partial charge in [-0.15, -0.1) is 0 Å². The van der Waals surface area contributed by atoms with Crippen LogP contribution in [0.1, 0.15) is 12.6 Å². The summed E-state index contributed by atoms with van der Waals surface area (Å²) in [5.74, 6) is -1.36. The molecule has 0 radical (unpaired) electrons. The Balaban J connectivity index is 1.98. The van der Waals surface area contributed by atoms with Gasteiger partial charge in [-0.05, 0) is 44.2 Å². The van der Waals surface area contributed by atoms with Gasteiger partial charge >= 0.3 is 0 Å². The maximum atomic E-state index is 13.7. The smallest absolute Gasteiger partial charge is 0.295 e. The first-order chi connectivity index (χ1) is 14.5. The Bertz CT molecular complexity index is 1280. The van der Waals surface area contributed by atoms with Gasteiger partial charge in [-0.1, -0.05) is 24.3 Å². The minimum Gasteiger partial charge on any atom is -0.318 e. The maximum Gasteiger partial charge on any atom is 0.295 e. The van der Waals surface area contributed by atoms with Crippen LogP contribution in [0.4, 0.5) is 15.8 Å². The molecule has 31 heavy (non-hydrogen) atoms. The largest absolute Gasteiger partial charge is 0.318 e. The van der Waals surface area contributed by atoms with Crippen molar-refractivity contribution >= 4 is 27.3 Å². The number of hydrogen-bond donors (Lipinski definition) is 1. The van der Waals surface area contributed by atoms with Crippen molar-refractivity contribution < 1.29 is 17.6 Å². The number of hydrogen-bond acceptors (Lipinski definition) is 4. The second-order valence-corrected chi connectivity index (χ2v) is 9.00. The Morgan fingerprint density at radius 2 is 1.77 bits per heavy atom. The zero-order chi connectivity index (χ0) is 22.9. The van der Waals surface area contributed by atoms with Crippen LogP contribution in [0, 0.1) is 12.7 Å². The quantitative estimate of drug-likeness (QED) is 0.629. The molecule has 1 heterocycles. The molecule has 8 nitrogen and oxygen atoms in total. The number of anilines is 2. The molecule has 1 amide bonds. The molecule has 10 heteroatoms. The molecule has 0 unspecified atom stereocenters. The van der Waals surface area contributed by atoms with Crippen LogP contribution in [0.3, 0.4) is 0 Å². The molecule has 0 bridgehead atoms. The van der Waals surface area contributed by atoms with Crippen LogP contribution in [0.2, 0.25) is 0 Å². The van der Waals surface area contributed by atoms with Crippen molar-refractivity contribution in [3.05, 3.63) is 76.5 Å². The number of benzene rings is 2. The highest BCUT2D eigenvalue weighted by atomic mass is 32.2. The highest BCUT2D eigenvalue weighted by Crippen LogP contribution is 2.23. The number of halogens is 1. The van der Waals surface area contributed by atoms with E-state index < -0.39 is 33.3 Å². The summed E-state index contributed by atoms with van der Waals surface area (Å²) < 4.78 is 42.2. The molecule has 0 fully saturated rings. The van der Waals surface area contributed by atoms with E-state index in [9.17, 15) is 22.4 Å². The van der Waals surface area contributed by atoms with Gasteiger partial charge in [0.15, 0.2) is 0 Å². The SMILES string of the molecule is Cc1c(NC(=O)[C@@H](C)N(c2cccc(F)c2)S(C)(=O)=O)c(=O)n(-c2ccccc2)n1C. The van der Waals surface area contributed by atoms with E-state index in [0.717, 1.165) is 16.6 Å². The zero-order valence-corrected chi connectivity index (χ0v) is 18.4. The second-order valence-electron chi connectivity index (χ2n) is 7.14. The molecule has 3 rings (SSSR count). The lowest BCUT2D eigenvalue weighted by Crippen LogP contribution is -2.45. The van der Waals surface area contributed by atoms with Crippen molar-refractivity contribution in [3.63, 3.8) is 0 Å². The van der Waals surface area contributed by atoms with Crippen molar-refractivity contribution in [1.82, 2.24) is 9.36 Å². The van der Waals surface area contributed by atoms with E-state index in [1.54, 1.807) is 42.9 Å². The lowest BCUT2D eigenvalue weighted by Gasteiger charge is -2.28. The summed E-state index contributed by atoms with van der Waals surface area (Å²) in [5.41, 5.74) is 0.700. The van der Waals surface area contributed by atoms with Crippen LogP contribution in [0.15, 0.2) is 59.4 Å². The van der Waals surface area contributed by atoms with Crippen LogP contribution >= 0.6 is 0 Å². The Morgan fingerprint density at radius 1 is 1.13 bits per heavy atom. The molecule has 0 saturated carbocycles. The number of para-hydroxylation sites is 1. The topological polar surface area (TPSA) is 93.4 Å². The highest BCUT2D eigenvalue weighted by Gasteiger charge is 2.31. The number of nitrogens with one attached hydrogen (secondary N) is 1. The fraction of sp³-hybridized carbons (Fsp3) is 0.238. The van der Waals surface area contributed by atoms with Crippen molar-refractivity contribution in [2.75, 3.05) is 15.9 Å². The summed E-state index contributed by atoms with van der Waals surface area (Å²) in [6.07, 6.45) is 0.928. The number of amides is 1. The Labute approximate surface area is 179 Å². The van der Waals surface area contributed by atoms with Crippen molar-refractivity contribution in [3.8, 4) is 5.69 Å². The third-order valence-corrected chi connectivity index (χ3v) is 6.20. The molecular formula is C21H23FN4O4S. The van der Waals surface area contributed by atoms with Crippen molar-refractivity contribution in [2.45, 2.75) is 19.9 Å². The number of rotatable bonds is 6. The first-order valence-corrected chi connectivity index (χ1v) is 11.3. The fourth-order valence-electron chi connectivity index (χ4n) is 3.36. The zero-order valence-electron chi connectivity index (χ0n) is 17.5. The van der Waals surface area contributed by atoms with E-state index in [0.29, 0.717) is 11.4 Å². The number of nitrogens with zero attached hydrogens (tertiary/aromatic N) is 3. The average Bonchev–Trinajstić information content (AvgIpc) is 2.91. The predicted molar refractivity (Wildman–Crippen MR) is 118 cm³/mol. The van der Waals surface area contributed by atoms with E-state index in [2.05, 4.69) is 5.32 Å². The highest BCUT2D eigenvalue weighted by molar-refractivity contribution is 7.92. The Kier molecular flexibility index (Phi) is 6.03. The summed E-state index contributed by atoms with van der Waals surface area (Å²) in [6, 6.07) is 12.6. The lowest BCUT2D eigenvalue weighted by atomic mass is 10.2. The molecule has 1 aromatic heterocycles. The number of carbonyl (C=O) groups excluding carboxylic acids is 1. The molecule has 1 atom stereocenters. The molecule has 0 aliphatic heterocycles. The predicted octanol–water partition coefficient (Wildman–Crippen LogP) is 2.42. The number of aromatic nitrogens is 2. The molecule has 164 valence electrons. The standard InChI is InChI=1S/C21H23FN4O4S/c1-14-19(21(28)25(24(14)3)17-10-6-5-7-11-17)23-20(27)15(2)26(31(4,29)30)18-12-8-9-16(22)13-18/h5-13,15H,1-4H3,(H,23,27)/t15-/m1/s1. The van der Waals surface area contributed by atoms with E-state index >= 15 is 0 Å². The van der Waals surface area contributed by atoms with Gasteiger partial charge in [0.25, 0.3) is 5.56 Å². The summed E-state index contributed by atoms with van der Waals surface area (Å²) in [6.45, 7) is 3.04. The first kappa shape index (κ1) is 22.3. The van der Waals surface area contributed by atoms with Crippen LogP contribution in [0.5, 0.6) is 0 Å². The summed E-state index contributed by atoms with van der Waals surface area (Å²) in [7, 11) is -2.24. The summed E-state index contributed by atoms with van der Waals surface area (Å²) >= 11 is 0. The van der Waals surface area contributed by atoms with Gasteiger partial charge in [-0.25, -0.2) is 17.5 Å². The maximum absolute atomic E-state index is 13.7. The Hall–Kier alpha value is -3.40. The van der Waals surface area contributed by atoms with Gasteiger partial charge in [-0.3, -0.25) is 18.6 Å². The van der Waals surface area contributed by atoms with Crippen LogP contribution in [0.25, 0.3) is 5.69 Å². The molecule has 0 aliphatic rings. The number of carbonyl (C=O) groups is 1. The van der Waals surface area contributed by atoms with E-state index in [4.69, 9.17) is 0 Å². The van der Waals surface area contributed by atoms with Gasteiger partial charge in [0, 0.05) is 7.05 Å². The fourth-order valence-corrected chi connectivity index (χ4v) is 4.53. The minimum absolute atomic E-state index is 0.0108. The lowest BCUT2D eigenvalue weighted by molar-refractivity contribution is -0.116. The van der Waals surface area contributed by atoms with Crippen molar-refractivity contribution in [2.24, 2.45) is 7.05 Å². The average molecular weight is 447 g/mol. The van der Waals surface area contributed by atoms with Gasteiger partial charge in [0.1, 0.15) is 17.5 Å². The monoisotopic (exact) mass is 446 g/mol. The van der Waals surface area contributed by atoms with Crippen LogP contribution in [-0.4, -0.2) is 36.0 Å². The summed E-state index contributed by atoms with van der Waals surface area (Å²) in [4.78, 5) is 25.9. The third kappa shape index (κ3) is 4.38. The van der Waals surface area contributed by atoms with E-state index in [1.165, 1.54) is 29.8 Å². The van der Waals surface area contributed by atoms with E-state index in [-0.39, 0.29) is 11.4 Å². The molecule has 0 spiro atoms. The van der Waals surface area contributed by atoms with E-state index in [1.807, 2.05) is 6.07 Å². The minimum atomic E-state index is -3.92.